The number of nitrogens with zero attached hydrogens (tertiary/aromatic N) is 1. The first-order chi connectivity index (χ1) is 14.9. The molecule has 2 heterocycles. The van der Waals surface area contributed by atoms with Crippen LogP contribution in [0.4, 0.5) is 0 Å². The van der Waals surface area contributed by atoms with Crippen molar-refractivity contribution in [1.82, 2.24) is 25.6 Å². The number of carboxylic acids is 1. The van der Waals surface area contributed by atoms with E-state index in [1.807, 2.05) is 24.3 Å². The van der Waals surface area contributed by atoms with E-state index in [0.29, 0.717) is 5.69 Å². The van der Waals surface area contributed by atoms with Gasteiger partial charge in [0.25, 0.3) is 0 Å². The Morgan fingerprint density at radius 1 is 1.10 bits per heavy atom. The molecule has 0 aliphatic heterocycles. The monoisotopic (exact) mass is 444 g/mol. The minimum absolute atomic E-state index is 0.0754. The maximum Gasteiger partial charge on any atom is 0.326 e. The summed E-state index contributed by atoms with van der Waals surface area (Å²) in [6, 6.07) is 4.36. The van der Waals surface area contributed by atoms with Crippen LogP contribution in [0.5, 0.6) is 0 Å². The lowest BCUT2D eigenvalue weighted by Crippen LogP contribution is -2.55. The van der Waals surface area contributed by atoms with E-state index < -0.39 is 35.9 Å². The first-order valence-corrected chi connectivity index (χ1v) is 10.2. The first-order valence-electron chi connectivity index (χ1n) is 9.61. The summed E-state index contributed by atoms with van der Waals surface area (Å²) in [7, 11) is 0. The number of rotatable bonds is 10. The third-order valence-electron chi connectivity index (χ3n) is 4.86. The molecule has 3 rings (SSSR count). The minimum Gasteiger partial charge on any atom is -0.480 e. The molecule has 0 aliphatic rings. The molecule has 7 N–H and O–H groups in total. The number of nitrogens with one attached hydrogen (secondary N) is 4. The average molecular weight is 445 g/mol. The molecule has 0 spiro atoms. The second-order valence-corrected chi connectivity index (χ2v) is 7.46. The standard InChI is InChI=1S/C20H24N6O4S/c21-14(9-31)18(27)25-16(6-12-8-22-10-24-12)19(28)26-17(20(29)30)5-11-7-23-15-4-2-1-3-13(11)15/h1-4,7-8,10,14,16-17,23,31H,5-6,9,21H2,(H,22,24)(H,25,27)(H,26,28)(H,29,30)/t14-,16-,17-/m0/s1. The fourth-order valence-electron chi connectivity index (χ4n) is 3.18. The molecule has 0 radical (unpaired) electrons. The fourth-order valence-corrected chi connectivity index (χ4v) is 3.35. The van der Waals surface area contributed by atoms with Crippen molar-refractivity contribution < 1.29 is 19.5 Å². The van der Waals surface area contributed by atoms with Gasteiger partial charge in [-0.15, -0.1) is 0 Å². The number of H-pyrrole nitrogens is 2. The zero-order valence-corrected chi connectivity index (χ0v) is 17.4. The van der Waals surface area contributed by atoms with Crippen LogP contribution < -0.4 is 16.4 Å². The number of nitrogens with two attached hydrogens (primary N) is 1. The molecular formula is C20H24N6O4S. The Labute approximate surface area is 183 Å². The summed E-state index contributed by atoms with van der Waals surface area (Å²) in [5.41, 5.74) is 7.93. The molecule has 0 unspecified atom stereocenters. The Bertz CT molecular complexity index is 1050. The van der Waals surface area contributed by atoms with Crippen LogP contribution in [0.15, 0.2) is 43.0 Å². The molecule has 0 saturated carbocycles. The highest BCUT2D eigenvalue weighted by Crippen LogP contribution is 2.19. The van der Waals surface area contributed by atoms with Gasteiger partial charge in [0.2, 0.25) is 11.8 Å². The van der Waals surface area contributed by atoms with E-state index in [4.69, 9.17) is 5.73 Å². The van der Waals surface area contributed by atoms with Crippen molar-refractivity contribution in [3.8, 4) is 0 Å². The fraction of sp³-hybridized carbons (Fsp3) is 0.300. The Kier molecular flexibility index (Phi) is 7.32. The summed E-state index contributed by atoms with van der Waals surface area (Å²) in [4.78, 5) is 46.9. The van der Waals surface area contributed by atoms with Crippen LogP contribution in [0.25, 0.3) is 10.9 Å². The molecule has 11 heteroatoms. The minimum atomic E-state index is -1.19. The van der Waals surface area contributed by atoms with Gasteiger partial charge in [0.05, 0.1) is 12.4 Å². The molecule has 2 amide bonds. The highest BCUT2D eigenvalue weighted by molar-refractivity contribution is 7.80. The third-order valence-corrected chi connectivity index (χ3v) is 5.25. The van der Waals surface area contributed by atoms with E-state index in [-0.39, 0.29) is 18.6 Å². The van der Waals surface area contributed by atoms with Gasteiger partial charge in [-0.3, -0.25) is 9.59 Å². The number of aromatic nitrogens is 3. The van der Waals surface area contributed by atoms with Crippen LogP contribution in [0.1, 0.15) is 11.3 Å². The number of hydrogen-bond donors (Lipinski definition) is 7. The van der Waals surface area contributed by atoms with Gasteiger partial charge < -0.3 is 31.4 Å². The number of thiol groups is 1. The number of hydrogen-bond acceptors (Lipinski definition) is 6. The van der Waals surface area contributed by atoms with Gasteiger partial charge >= 0.3 is 5.97 Å². The number of aliphatic carboxylic acids is 1. The second kappa shape index (κ2) is 10.1. The Morgan fingerprint density at radius 2 is 1.84 bits per heavy atom. The number of carbonyl (C=O) groups excluding carboxylic acids is 2. The summed E-state index contributed by atoms with van der Waals surface area (Å²) in [5.74, 6) is -2.28. The van der Waals surface area contributed by atoms with E-state index in [1.165, 1.54) is 12.5 Å². The Morgan fingerprint density at radius 3 is 2.52 bits per heavy atom. The second-order valence-electron chi connectivity index (χ2n) is 7.09. The molecule has 0 bridgehead atoms. The van der Waals surface area contributed by atoms with Crippen LogP contribution in [-0.4, -0.2) is 61.7 Å². The van der Waals surface area contributed by atoms with Crippen LogP contribution in [0.2, 0.25) is 0 Å². The number of aromatic amines is 2. The van der Waals surface area contributed by atoms with Gasteiger partial charge in [0.15, 0.2) is 0 Å². The van der Waals surface area contributed by atoms with Gasteiger partial charge in [-0.25, -0.2) is 9.78 Å². The number of benzene rings is 1. The van der Waals surface area contributed by atoms with Crippen LogP contribution in [0.3, 0.4) is 0 Å². The summed E-state index contributed by atoms with van der Waals surface area (Å²) in [5, 5.41) is 15.7. The number of amides is 2. The molecule has 10 nitrogen and oxygen atoms in total. The largest absolute Gasteiger partial charge is 0.480 e. The lowest BCUT2D eigenvalue weighted by molar-refractivity contribution is -0.142. The van der Waals surface area contributed by atoms with Gasteiger partial charge in [-0.05, 0) is 11.6 Å². The van der Waals surface area contributed by atoms with E-state index in [0.717, 1.165) is 16.5 Å². The van der Waals surface area contributed by atoms with Crippen LogP contribution in [-0.2, 0) is 27.2 Å². The Balaban J connectivity index is 1.76. The van der Waals surface area contributed by atoms with Crippen molar-refractivity contribution in [3.05, 3.63) is 54.2 Å². The number of fused-ring (bicyclic) bond motifs is 1. The van der Waals surface area contributed by atoms with Crippen LogP contribution in [0, 0.1) is 0 Å². The van der Waals surface area contributed by atoms with Crippen molar-refractivity contribution in [2.24, 2.45) is 5.73 Å². The molecule has 164 valence electrons. The smallest absolute Gasteiger partial charge is 0.326 e. The van der Waals surface area contributed by atoms with Crippen molar-refractivity contribution in [2.45, 2.75) is 31.0 Å². The van der Waals surface area contributed by atoms with Crippen molar-refractivity contribution in [3.63, 3.8) is 0 Å². The van der Waals surface area contributed by atoms with E-state index >= 15 is 0 Å². The molecule has 0 aliphatic carbocycles. The lowest BCUT2D eigenvalue weighted by Gasteiger charge is -2.22. The highest BCUT2D eigenvalue weighted by atomic mass is 32.1. The van der Waals surface area contributed by atoms with Gasteiger partial charge in [0, 0.05) is 47.6 Å². The highest BCUT2D eigenvalue weighted by Gasteiger charge is 2.29. The molecule has 2 aromatic heterocycles. The van der Waals surface area contributed by atoms with Gasteiger partial charge in [-0.2, -0.15) is 12.6 Å². The van der Waals surface area contributed by atoms with E-state index in [9.17, 15) is 19.5 Å². The molecule has 3 atom stereocenters. The maximum atomic E-state index is 12.9. The number of carbonyl (C=O) groups is 3. The SMILES string of the molecule is N[C@@H](CS)C(=O)N[C@@H](Cc1cnc[nH]1)C(=O)N[C@@H](Cc1c[nH]c2ccccc12)C(=O)O. The van der Waals surface area contributed by atoms with Crippen LogP contribution >= 0.6 is 12.6 Å². The normalized spacial score (nSPS) is 14.0. The number of para-hydroxylation sites is 1. The quantitative estimate of drug-likeness (QED) is 0.217. The average Bonchev–Trinajstić information content (AvgIpc) is 3.42. The summed E-state index contributed by atoms with van der Waals surface area (Å²) in [6.07, 6.45) is 4.86. The predicted molar refractivity (Wildman–Crippen MR) is 118 cm³/mol. The Hall–Kier alpha value is -3.31. The predicted octanol–water partition coefficient (Wildman–Crippen LogP) is -0.0125. The van der Waals surface area contributed by atoms with Crippen molar-refractivity contribution >= 4 is 41.3 Å². The maximum absolute atomic E-state index is 12.9. The zero-order chi connectivity index (χ0) is 22.4. The number of carboxylic acid groups (broad SMARTS) is 1. The summed E-state index contributed by atoms with van der Waals surface area (Å²) >= 11 is 4.00. The first kappa shape index (κ1) is 22.4. The zero-order valence-electron chi connectivity index (χ0n) is 16.5. The molecular weight excluding hydrogens is 420 g/mol. The molecule has 0 saturated heterocycles. The molecule has 3 aromatic rings. The summed E-state index contributed by atoms with van der Waals surface area (Å²) < 4.78 is 0. The van der Waals surface area contributed by atoms with E-state index in [2.05, 4.69) is 38.2 Å². The van der Waals surface area contributed by atoms with Gasteiger partial charge in [0.1, 0.15) is 12.1 Å². The third kappa shape index (κ3) is 5.64. The van der Waals surface area contributed by atoms with Crippen molar-refractivity contribution in [2.75, 3.05) is 5.75 Å². The molecule has 1 aromatic carbocycles. The molecule has 0 fully saturated rings. The van der Waals surface area contributed by atoms with Crippen molar-refractivity contribution in [1.29, 1.82) is 0 Å². The summed E-state index contributed by atoms with van der Waals surface area (Å²) in [6.45, 7) is 0. The van der Waals surface area contributed by atoms with Gasteiger partial charge in [-0.1, -0.05) is 18.2 Å². The lowest BCUT2D eigenvalue weighted by atomic mass is 10.0. The van der Waals surface area contributed by atoms with E-state index in [1.54, 1.807) is 6.20 Å². The number of imidazole rings is 1. The molecule has 31 heavy (non-hydrogen) atoms. The topological polar surface area (TPSA) is 166 Å².